The third-order valence-corrected chi connectivity index (χ3v) is 5.23. The van der Waals surface area contributed by atoms with Crippen LogP contribution < -0.4 is 10.9 Å². The number of H-pyrrole nitrogens is 2. The second kappa shape index (κ2) is 8.55. The summed E-state index contributed by atoms with van der Waals surface area (Å²) in [6.45, 7) is 2.35. The predicted octanol–water partition coefficient (Wildman–Crippen LogP) is 4.02. The number of ether oxygens (including phenoxy) is 1. The van der Waals surface area contributed by atoms with Gasteiger partial charge in [-0.05, 0) is 55.7 Å². The number of hydrogen-bond donors (Lipinski definition) is 3. The summed E-state index contributed by atoms with van der Waals surface area (Å²) in [5.41, 5.74) is 4.62. The maximum absolute atomic E-state index is 12.7. The smallest absolute Gasteiger partial charge is 0.257 e. The van der Waals surface area contributed by atoms with Crippen molar-refractivity contribution in [2.24, 2.45) is 0 Å². The Morgan fingerprint density at radius 2 is 2.13 bits per heavy atom. The van der Waals surface area contributed by atoms with Crippen molar-refractivity contribution in [3.05, 3.63) is 76.2 Å². The summed E-state index contributed by atoms with van der Waals surface area (Å²) in [5.74, 6) is -0.152. The van der Waals surface area contributed by atoms with Gasteiger partial charge < -0.3 is 20.0 Å². The van der Waals surface area contributed by atoms with Crippen molar-refractivity contribution in [1.29, 1.82) is 0 Å². The monoisotopic (exact) mass is 403 g/mol. The molecule has 1 atom stereocenters. The number of aromatic nitrogens is 2. The van der Waals surface area contributed by atoms with E-state index in [9.17, 15) is 9.59 Å². The first-order valence-electron chi connectivity index (χ1n) is 10.1. The van der Waals surface area contributed by atoms with Gasteiger partial charge in [0.15, 0.2) is 0 Å². The molecule has 1 aromatic carbocycles. The molecule has 3 aromatic rings. The molecule has 1 aliphatic rings. The summed E-state index contributed by atoms with van der Waals surface area (Å²) in [6, 6.07) is 9.10. The van der Waals surface area contributed by atoms with Crippen LogP contribution in [-0.2, 0) is 4.74 Å². The molecule has 154 valence electrons. The Bertz CT molecular complexity index is 1200. The van der Waals surface area contributed by atoms with Crippen LogP contribution in [-0.4, -0.2) is 35.6 Å². The van der Waals surface area contributed by atoms with Gasteiger partial charge in [-0.25, -0.2) is 0 Å². The molecule has 2 aromatic heterocycles. The first-order chi connectivity index (χ1) is 14.6. The fraction of sp³-hybridized carbons (Fsp3) is 0.250. The summed E-state index contributed by atoms with van der Waals surface area (Å²) in [5, 5.41) is 3.87. The molecular formula is C24H25N3O3. The molecule has 30 heavy (non-hydrogen) atoms. The first-order valence-corrected chi connectivity index (χ1v) is 10.1. The number of pyridine rings is 1. The lowest BCUT2D eigenvalue weighted by Gasteiger charge is -2.13. The highest BCUT2D eigenvalue weighted by atomic mass is 16.5. The minimum absolute atomic E-state index is 0.0914. The number of benzene rings is 1. The molecular weight excluding hydrogens is 378 g/mol. The van der Waals surface area contributed by atoms with Gasteiger partial charge in [-0.15, -0.1) is 0 Å². The van der Waals surface area contributed by atoms with Crippen molar-refractivity contribution in [2.45, 2.75) is 25.8 Å². The number of nitrogens with one attached hydrogen (secondary N) is 3. The number of methoxy groups -OCH3 is 1. The highest BCUT2D eigenvalue weighted by Crippen LogP contribution is 2.36. The number of hydrogen-bond acceptors (Lipinski definition) is 3. The molecule has 0 saturated carbocycles. The van der Waals surface area contributed by atoms with Gasteiger partial charge in [0.25, 0.3) is 11.5 Å². The number of allylic oxidation sites excluding steroid dienone is 4. The van der Waals surface area contributed by atoms with E-state index in [-0.39, 0.29) is 17.5 Å². The molecule has 1 unspecified atom stereocenters. The lowest BCUT2D eigenvalue weighted by molar-refractivity contribution is 0.0905. The Morgan fingerprint density at radius 1 is 1.27 bits per heavy atom. The Kier molecular flexibility index (Phi) is 5.68. The van der Waals surface area contributed by atoms with E-state index in [1.807, 2.05) is 25.1 Å². The van der Waals surface area contributed by atoms with Gasteiger partial charge in [-0.2, -0.15) is 0 Å². The van der Waals surface area contributed by atoms with Crippen molar-refractivity contribution >= 4 is 22.4 Å². The van der Waals surface area contributed by atoms with Crippen molar-refractivity contribution in [1.82, 2.24) is 15.3 Å². The van der Waals surface area contributed by atoms with Crippen LogP contribution in [0.25, 0.3) is 27.7 Å². The number of rotatable bonds is 6. The van der Waals surface area contributed by atoms with Crippen molar-refractivity contribution in [2.75, 3.05) is 13.7 Å². The van der Waals surface area contributed by atoms with Gasteiger partial charge in [-0.1, -0.05) is 18.2 Å². The SMILES string of the molecule is COCC(C)NC(=O)c1ccc2[nH]c(-c3ccc[nH]c3=O)c(C3=CCCC=C3)c2c1. The van der Waals surface area contributed by atoms with Crippen molar-refractivity contribution in [3.63, 3.8) is 0 Å². The molecule has 0 radical (unpaired) electrons. The van der Waals surface area contributed by atoms with Crippen LogP contribution in [0.3, 0.4) is 0 Å². The molecule has 1 amide bonds. The van der Waals surface area contributed by atoms with E-state index < -0.39 is 0 Å². The van der Waals surface area contributed by atoms with Gasteiger partial charge in [0, 0.05) is 41.4 Å². The fourth-order valence-corrected chi connectivity index (χ4v) is 3.85. The van der Waals surface area contributed by atoms with E-state index in [1.165, 1.54) is 0 Å². The molecule has 0 spiro atoms. The maximum Gasteiger partial charge on any atom is 0.257 e. The topological polar surface area (TPSA) is 87.0 Å². The van der Waals surface area contributed by atoms with Crippen LogP contribution in [0.5, 0.6) is 0 Å². The van der Waals surface area contributed by atoms with Crippen LogP contribution in [0.15, 0.2) is 59.6 Å². The highest BCUT2D eigenvalue weighted by Gasteiger charge is 2.20. The molecule has 0 bridgehead atoms. The summed E-state index contributed by atoms with van der Waals surface area (Å²) < 4.78 is 5.11. The van der Waals surface area contributed by atoms with Gasteiger partial charge >= 0.3 is 0 Å². The first kappa shape index (κ1) is 19.9. The van der Waals surface area contributed by atoms with E-state index in [0.29, 0.717) is 17.7 Å². The summed E-state index contributed by atoms with van der Waals surface area (Å²) in [6.07, 6.45) is 9.96. The second-order valence-corrected chi connectivity index (χ2v) is 7.52. The van der Waals surface area contributed by atoms with Crippen LogP contribution in [0, 0.1) is 0 Å². The van der Waals surface area contributed by atoms with E-state index in [4.69, 9.17) is 4.74 Å². The lowest BCUT2D eigenvalue weighted by atomic mass is 9.94. The van der Waals surface area contributed by atoms with E-state index in [1.54, 1.807) is 25.4 Å². The van der Waals surface area contributed by atoms with Gasteiger partial charge in [-0.3, -0.25) is 9.59 Å². The number of carbonyl (C=O) groups is 1. The third kappa shape index (κ3) is 3.86. The van der Waals surface area contributed by atoms with Crippen LogP contribution in [0.4, 0.5) is 0 Å². The molecule has 2 heterocycles. The number of amides is 1. The van der Waals surface area contributed by atoms with E-state index >= 15 is 0 Å². The van der Waals surface area contributed by atoms with Gasteiger partial charge in [0.1, 0.15) is 0 Å². The highest BCUT2D eigenvalue weighted by molar-refractivity contribution is 6.06. The Balaban J connectivity index is 1.86. The van der Waals surface area contributed by atoms with Crippen LogP contribution >= 0.6 is 0 Å². The Morgan fingerprint density at radius 3 is 2.87 bits per heavy atom. The molecule has 0 fully saturated rings. The van der Waals surface area contributed by atoms with Crippen LogP contribution in [0.2, 0.25) is 0 Å². The number of carbonyl (C=O) groups excluding carboxylic acids is 1. The zero-order valence-electron chi connectivity index (χ0n) is 17.1. The average Bonchev–Trinajstić information content (AvgIpc) is 3.13. The minimum Gasteiger partial charge on any atom is -0.383 e. The maximum atomic E-state index is 12.7. The summed E-state index contributed by atoms with van der Waals surface area (Å²) in [7, 11) is 1.61. The normalized spacial score (nSPS) is 14.5. The Hall–Kier alpha value is -3.38. The molecule has 0 aliphatic heterocycles. The number of fused-ring (bicyclic) bond motifs is 1. The molecule has 1 aliphatic carbocycles. The van der Waals surface area contributed by atoms with Crippen molar-refractivity contribution < 1.29 is 9.53 Å². The van der Waals surface area contributed by atoms with Gasteiger partial charge in [0.05, 0.1) is 17.9 Å². The largest absolute Gasteiger partial charge is 0.383 e. The molecule has 3 N–H and O–H groups in total. The van der Waals surface area contributed by atoms with E-state index in [2.05, 4.69) is 33.5 Å². The van der Waals surface area contributed by atoms with Crippen molar-refractivity contribution in [3.8, 4) is 11.3 Å². The van der Waals surface area contributed by atoms with Gasteiger partial charge in [0.2, 0.25) is 0 Å². The zero-order chi connectivity index (χ0) is 21.1. The van der Waals surface area contributed by atoms with E-state index in [0.717, 1.165) is 40.6 Å². The predicted molar refractivity (Wildman–Crippen MR) is 120 cm³/mol. The summed E-state index contributed by atoms with van der Waals surface area (Å²) >= 11 is 0. The molecule has 4 rings (SSSR count). The lowest BCUT2D eigenvalue weighted by Crippen LogP contribution is -2.35. The minimum atomic E-state index is -0.156. The fourth-order valence-electron chi connectivity index (χ4n) is 3.85. The third-order valence-electron chi connectivity index (χ3n) is 5.23. The summed E-state index contributed by atoms with van der Waals surface area (Å²) in [4.78, 5) is 31.4. The second-order valence-electron chi connectivity index (χ2n) is 7.52. The molecule has 6 heteroatoms. The quantitative estimate of drug-likeness (QED) is 0.581. The zero-order valence-corrected chi connectivity index (χ0v) is 17.1. The molecule has 6 nitrogen and oxygen atoms in total. The molecule has 0 saturated heterocycles. The standard InChI is InChI=1S/C24H25N3O3/c1-15(14-30-2)26-23(28)17-10-11-20-19(13-17)21(16-7-4-3-5-8-16)22(27-20)18-9-6-12-25-24(18)29/h4,6-13,15,27H,3,5,14H2,1-2H3,(H,25,29)(H,26,28). The Labute approximate surface area is 174 Å². The van der Waals surface area contributed by atoms with Crippen LogP contribution in [0.1, 0.15) is 35.7 Å². The average molecular weight is 403 g/mol. The number of aromatic amines is 2.